The molecule has 0 bridgehead atoms. The lowest BCUT2D eigenvalue weighted by atomic mass is 10.1. The molecule has 5 heteroatoms. The average molecular weight is 248 g/mol. The SMILES string of the molecule is CC(CN)C(=O)N1CCc2cc(C(=O)O)ccc21. The molecule has 0 saturated carbocycles. The highest BCUT2D eigenvalue weighted by Crippen LogP contribution is 2.29. The molecule has 0 aromatic heterocycles. The zero-order valence-corrected chi connectivity index (χ0v) is 10.2. The second-order valence-corrected chi connectivity index (χ2v) is 4.53. The minimum absolute atomic E-state index is 0.000625. The number of carbonyl (C=O) groups is 2. The number of rotatable bonds is 3. The first-order valence-electron chi connectivity index (χ1n) is 5.92. The number of hydrogen-bond donors (Lipinski definition) is 2. The second kappa shape index (κ2) is 4.78. The van der Waals surface area contributed by atoms with Crippen LogP contribution in [0.3, 0.4) is 0 Å². The van der Waals surface area contributed by atoms with Crippen molar-refractivity contribution < 1.29 is 14.7 Å². The third-order valence-electron chi connectivity index (χ3n) is 3.26. The molecule has 3 N–H and O–H groups in total. The minimum Gasteiger partial charge on any atom is -0.478 e. The summed E-state index contributed by atoms with van der Waals surface area (Å²) in [5.74, 6) is -1.16. The number of nitrogens with two attached hydrogens (primary N) is 1. The zero-order valence-electron chi connectivity index (χ0n) is 10.2. The first-order valence-corrected chi connectivity index (χ1v) is 5.92. The first-order chi connectivity index (χ1) is 8.54. The Hall–Kier alpha value is -1.88. The number of carbonyl (C=O) groups excluding carboxylic acids is 1. The van der Waals surface area contributed by atoms with Gasteiger partial charge in [0.1, 0.15) is 0 Å². The van der Waals surface area contributed by atoms with E-state index in [-0.39, 0.29) is 17.4 Å². The van der Waals surface area contributed by atoms with Crippen LogP contribution in [0.15, 0.2) is 18.2 Å². The van der Waals surface area contributed by atoms with Gasteiger partial charge in [0.15, 0.2) is 0 Å². The quantitative estimate of drug-likeness (QED) is 0.831. The van der Waals surface area contributed by atoms with E-state index in [0.717, 1.165) is 11.3 Å². The Balaban J connectivity index is 2.29. The molecule has 1 aromatic rings. The summed E-state index contributed by atoms with van der Waals surface area (Å²) in [7, 11) is 0. The molecule has 1 atom stereocenters. The van der Waals surface area contributed by atoms with Crippen LogP contribution in [-0.2, 0) is 11.2 Å². The van der Waals surface area contributed by atoms with E-state index in [4.69, 9.17) is 10.8 Å². The van der Waals surface area contributed by atoms with Crippen LogP contribution in [-0.4, -0.2) is 30.1 Å². The van der Waals surface area contributed by atoms with Gasteiger partial charge in [0.05, 0.1) is 5.56 Å². The summed E-state index contributed by atoms with van der Waals surface area (Å²) in [6, 6.07) is 4.87. The van der Waals surface area contributed by atoms with E-state index in [1.54, 1.807) is 24.0 Å². The third kappa shape index (κ3) is 2.09. The molecule has 18 heavy (non-hydrogen) atoms. The van der Waals surface area contributed by atoms with Crippen molar-refractivity contribution in [3.05, 3.63) is 29.3 Å². The summed E-state index contributed by atoms with van der Waals surface area (Å²) >= 11 is 0. The highest BCUT2D eigenvalue weighted by atomic mass is 16.4. The summed E-state index contributed by atoms with van der Waals surface area (Å²) in [4.78, 5) is 24.7. The van der Waals surface area contributed by atoms with Gasteiger partial charge in [-0.2, -0.15) is 0 Å². The molecule has 0 aliphatic carbocycles. The van der Waals surface area contributed by atoms with Gasteiger partial charge in [0, 0.05) is 24.7 Å². The molecule has 0 saturated heterocycles. The smallest absolute Gasteiger partial charge is 0.335 e. The Morgan fingerprint density at radius 3 is 2.83 bits per heavy atom. The van der Waals surface area contributed by atoms with Crippen molar-refractivity contribution in [1.29, 1.82) is 0 Å². The molecule has 1 aliphatic rings. The van der Waals surface area contributed by atoms with Crippen LogP contribution in [0, 0.1) is 5.92 Å². The summed E-state index contributed by atoms with van der Waals surface area (Å²) in [5.41, 5.74) is 7.48. The van der Waals surface area contributed by atoms with Gasteiger partial charge in [-0.15, -0.1) is 0 Å². The maximum atomic E-state index is 12.1. The maximum absolute atomic E-state index is 12.1. The molecule has 5 nitrogen and oxygen atoms in total. The number of anilines is 1. The molecule has 1 heterocycles. The second-order valence-electron chi connectivity index (χ2n) is 4.53. The van der Waals surface area contributed by atoms with Gasteiger partial charge in [-0.1, -0.05) is 6.92 Å². The number of carboxylic acid groups (broad SMARTS) is 1. The van der Waals surface area contributed by atoms with Crippen LogP contribution in [0.2, 0.25) is 0 Å². The maximum Gasteiger partial charge on any atom is 0.335 e. The van der Waals surface area contributed by atoms with Crippen molar-refractivity contribution in [3.8, 4) is 0 Å². The summed E-state index contributed by atoms with van der Waals surface area (Å²) in [5, 5.41) is 8.92. The van der Waals surface area contributed by atoms with Crippen LogP contribution in [0.4, 0.5) is 5.69 Å². The lowest BCUT2D eigenvalue weighted by Crippen LogP contribution is -2.36. The fourth-order valence-corrected chi connectivity index (χ4v) is 2.13. The van der Waals surface area contributed by atoms with Crippen molar-refractivity contribution in [1.82, 2.24) is 0 Å². The van der Waals surface area contributed by atoms with Crippen LogP contribution < -0.4 is 10.6 Å². The predicted octanol–water partition coefficient (Wildman–Crippen LogP) is 0.869. The first kappa shape index (κ1) is 12.6. The van der Waals surface area contributed by atoms with Gasteiger partial charge in [0.25, 0.3) is 0 Å². The van der Waals surface area contributed by atoms with E-state index in [2.05, 4.69) is 0 Å². The number of benzene rings is 1. The Bertz CT molecular complexity index is 499. The highest BCUT2D eigenvalue weighted by molar-refractivity contribution is 5.98. The van der Waals surface area contributed by atoms with E-state index < -0.39 is 5.97 Å². The number of aromatic carboxylic acids is 1. The Morgan fingerprint density at radius 1 is 1.50 bits per heavy atom. The van der Waals surface area contributed by atoms with Crippen molar-refractivity contribution in [2.45, 2.75) is 13.3 Å². The predicted molar refractivity (Wildman–Crippen MR) is 67.7 cm³/mol. The zero-order chi connectivity index (χ0) is 13.3. The summed E-state index contributed by atoms with van der Waals surface area (Å²) < 4.78 is 0. The monoisotopic (exact) mass is 248 g/mol. The number of nitrogens with zero attached hydrogens (tertiary/aromatic N) is 1. The van der Waals surface area contributed by atoms with Crippen molar-refractivity contribution in [2.24, 2.45) is 11.7 Å². The molecule has 1 aliphatic heterocycles. The number of hydrogen-bond acceptors (Lipinski definition) is 3. The molecule has 96 valence electrons. The Labute approximate surface area is 105 Å². The van der Waals surface area contributed by atoms with Gasteiger partial charge in [0.2, 0.25) is 5.91 Å². The molecule has 2 rings (SSSR count). The molecular formula is C13H16N2O3. The van der Waals surface area contributed by atoms with Gasteiger partial charge in [-0.05, 0) is 30.2 Å². The standard InChI is InChI=1S/C13H16N2O3/c1-8(7-14)12(16)15-5-4-9-6-10(13(17)18)2-3-11(9)15/h2-3,6,8H,4-5,7,14H2,1H3,(H,17,18). The normalized spacial score (nSPS) is 15.3. The topological polar surface area (TPSA) is 83.6 Å². The molecule has 1 amide bonds. The van der Waals surface area contributed by atoms with E-state index in [1.807, 2.05) is 0 Å². The number of carboxylic acids is 1. The minimum atomic E-state index is -0.946. The fourth-order valence-electron chi connectivity index (χ4n) is 2.13. The average Bonchev–Trinajstić information content (AvgIpc) is 2.79. The lowest BCUT2D eigenvalue weighted by Gasteiger charge is -2.20. The summed E-state index contributed by atoms with van der Waals surface area (Å²) in [6.45, 7) is 2.71. The Kier molecular flexibility index (Phi) is 3.34. The fraction of sp³-hybridized carbons (Fsp3) is 0.385. The molecule has 1 unspecified atom stereocenters. The van der Waals surface area contributed by atoms with Crippen LogP contribution in [0.25, 0.3) is 0 Å². The number of fused-ring (bicyclic) bond motifs is 1. The molecule has 1 aromatic carbocycles. The largest absolute Gasteiger partial charge is 0.478 e. The third-order valence-corrected chi connectivity index (χ3v) is 3.26. The van der Waals surface area contributed by atoms with Gasteiger partial charge in [-0.3, -0.25) is 4.79 Å². The van der Waals surface area contributed by atoms with E-state index in [9.17, 15) is 9.59 Å². The summed E-state index contributed by atoms with van der Waals surface area (Å²) in [6.07, 6.45) is 0.694. The van der Waals surface area contributed by atoms with E-state index in [1.165, 1.54) is 6.07 Å². The van der Waals surface area contributed by atoms with E-state index >= 15 is 0 Å². The van der Waals surface area contributed by atoms with E-state index in [0.29, 0.717) is 19.5 Å². The molecule has 0 spiro atoms. The van der Waals surface area contributed by atoms with Crippen LogP contribution >= 0.6 is 0 Å². The lowest BCUT2D eigenvalue weighted by molar-refractivity contribution is -0.121. The van der Waals surface area contributed by atoms with Crippen LogP contribution in [0.1, 0.15) is 22.8 Å². The molecular weight excluding hydrogens is 232 g/mol. The Morgan fingerprint density at radius 2 is 2.22 bits per heavy atom. The van der Waals surface area contributed by atoms with Gasteiger partial charge < -0.3 is 15.7 Å². The van der Waals surface area contributed by atoms with Crippen molar-refractivity contribution in [2.75, 3.05) is 18.0 Å². The van der Waals surface area contributed by atoms with Gasteiger partial charge in [-0.25, -0.2) is 4.79 Å². The van der Waals surface area contributed by atoms with Crippen LogP contribution in [0.5, 0.6) is 0 Å². The van der Waals surface area contributed by atoms with Crippen molar-refractivity contribution in [3.63, 3.8) is 0 Å². The van der Waals surface area contributed by atoms with Gasteiger partial charge >= 0.3 is 5.97 Å². The number of amides is 1. The molecule has 0 fully saturated rings. The van der Waals surface area contributed by atoms with Crippen molar-refractivity contribution >= 4 is 17.6 Å². The molecule has 0 radical (unpaired) electrons. The highest BCUT2D eigenvalue weighted by Gasteiger charge is 2.27.